The standard InChI is InChI=1S/C12H23NO/c1-6-11-12(9(2)3)10(4)13(5)7-8-14-11/h9-10H,6-8H2,1-5H3. The van der Waals surface area contributed by atoms with Crippen molar-refractivity contribution in [1.82, 2.24) is 4.90 Å². The van der Waals surface area contributed by atoms with Gasteiger partial charge in [-0.3, -0.25) is 4.90 Å². The van der Waals surface area contributed by atoms with Crippen LogP contribution in [-0.2, 0) is 4.74 Å². The third-order valence-electron chi connectivity index (χ3n) is 3.10. The first-order valence-corrected chi connectivity index (χ1v) is 5.63. The van der Waals surface area contributed by atoms with Crippen molar-refractivity contribution in [3.05, 3.63) is 11.3 Å². The summed E-state index contributed by atoms with van der Waals surface area (Å²) in [5.41, 5.74) is 1.48. The Labute approximate surface area is 87.9 Å². The highest BCUT2D eigenvalue weighted by atomic mass is 16.5. The molecule has 0 aliphatic carbocycles. The minimum Gasteiger partial charge on any atom is -0.497 e. The largest absolute Gasteiger partial charge is 0.497 e. The Morgan fingerprint density at radius 1 is 1.50 bits per heavy atom. The lowest BCUT2D eigenvalue weighted by Gasteiger charge is -2.26. The van der Waals surface area contributed by atoms with Crippen molar-refractivity contribution in [2.24, 2.45) is 5.92 Å². The van der Waals surface area contributed by atoms with E-state index < -0.39 is 0 Å². The monoisotopic (exact) mass is 197 g/mol. The van der Waals surface area contributed by atoms with Gasteiger partial charge in [0.05, 0.1) is 5.76 Å². The molecule has 0 aromatic rings. The first-order valence-electron chi connectivity index (χ1n) is 5.63. The molecule has 0 amide bonds. The fourth-order valence-electron chi connectivity index (χ4n) is 2.17. The minimum absolute atomic E-state index is 0.521. The zero-order valence-electron chi connectivity index (χ0n) is 10.1. The molecule has 1 atom stereocenters. The van der Waals surface area contributed by atoms with E-state index >= 15 is 0 Å². The van der Waals surface area contributed by atoms with Crippen molar-refractivity contribution in [3.8, 4) is 0 Å². The Bertz CT molecular complexity index is 220. The van der Waals surface area contributed by atoms with E-state index in [-0.39, 0.29) is 0 Å². The lowest BCUT2D eigenvalue weighted by molar-refractivity contribution is 0.180. The van der Waals surface area contributed by atoms with Gasteiger partial charge in [-0.05, 0) is 25.5 Å². The fraction of sp³-hybridized carbons (Fsp3) is 0.833. The highest BCUT2D eigenvalue weighted by Gasteiger charge is 2.23. The number of hydrogen-bond acceptors (Lipinski definition) is 2. The second-order valence-electron chi connectivity index (χ2n) is 4.39. The van der Waals surface area contributed by atoms with Gasteiger partial charge in [0.15, 0.2) is 0 Å². The van der Waals surface area contributed by atoms with E-state index in [1.807, 2.05) is 0 Å². The SMILES string of the molecule is CCC1=C(C(C)C)C(C)N(C)CCO1. The average Bonchev–Trinajstić information content (AvgIpc) is 2.27. The maximum atomic E-state index is 5.80. The molecule has 0 fully saturated rings. The van der Waals surface area contributed by atoms with Gasteiger partial charge in [-0.2, -0.15) is 0 Å². The van der Waals surface area contributed by atoms with Crippen LogP contribution in [0.4, 0.5) is 0 Å². The van der Waals surface area contributed by atoms with E-state index in [1.165, 1.54) is 11.3 Å². The number of nitrogens with zero attached hydrogens (tertiary/aromatic N) is 1. The predicted octanol–water partition coefficient (Wildman–Crippen LogP) is 2.66. The quantitative estimate of drug-likeness (QED) is 0.675. The molecule has 0 N–H and O–H groups in total. The molecule has 1 unspecified atom stereocenters. The van der Waals surface area contributed by atoms with Crippen molar-refractivity contribution in [2.45, 2.75) is 40.2 Å². The molecule has 0 aromatic heterocycles. The topological polar surface area (TPSA) is 12.5 Å². The Hall–Kier alpha value is -0.500. The molecule has 1 rings (SSSR count). The normalized spacial score (nSPS) is 25.1. The van der Waals surface area contributed by atoms with E-state index in [0.717, 1.165) is 19.6 Å². The molecule has 0 bridgehead atoms. The number of rotatable bonds is 2. The number of likely N-dealkylation sites (N-methyl/N-ethyl adjacent to an activating group) is 1. The van der Waals surface area contributed by atoms with E-state index in [9.17, 15) is 0 Å². The van der Waals surface area contributed by atoms with Crippen LogP contribution in [0.3, 0.4) is 0 Å². The van der Waals surface area contributed by atoms with Crippen molar-refractivity contribution in [3.63, 3.8) is 0 Å². The maximum absolute atomic E-state index is 5.80. The van der Waals surface area contributed by atoms with Crippen LogP contribution in [0.25, 0.3) is 0 Å². The molecular weight excluding hydrogens is 174 g/mol. The van der Waals surface area contributed by atoms with Crippen LogP contribution in [0.1, 0.15) is 34.1 Å². The maximum Gasteiger partial charge on any atom is 0.100 e. The van der Waals surface area contributed by atoms with Crippen LogP contribution in [0, 0.1) is 5.92 Å². The first kappa shape index (κ1) is 11.6. The van der Waals surface area contributed by atoms with Crippen molar-refractivity contribution >= 4 is 0 Å². The third kappa shape index (κ3) is 2.30. The number of ether oxygens (including phenoxy) is 1. The second kappa shape index (κ2) is 4.83. The predicted molar refractivity (Wildman–Crippen MR) is 60.2 cm³/mol. The molecule has 1 heterocycles. The molecule has 0 spiro atoms. The van der Waals surface area contributed by atoms with Gasteiger partial charge in [0.1, 0.15) is 6.61 Å². The van der Waals surface area contributed by atoms with Gasteiger partial charge in [0.25, 0.3) is 0 Å². The molecule has 14 heavy (non-hydrogen) atoms. The average molecular weight is 197 g/mol. The van der Waals surface area contributed by atoms with Crippen LogP contribution >= 0.6 is 0 Å². The molecule has 82 valence electrons. The van der Waals surface area contributed by atoms with Crippen molar-refractivity contribution < 1.29 is 4.74 Å². The second-order valence-corrected chi connectivity index (χ2v) is 4.39. The Kier molecular flexibility index (Phi) is 3.99. The van der Waals surface area contributed by atoms with E-state index in [0.29, 0.717) is 12.0 Å². The zero-order valence-corrected chi connectivity index (χ0v) is 10.1. The molecule has 0 radical (unpaired) electrons. The highest BCUT2D eigenvalue weighted by molar-refractivity contribution is 5.18. The summed E-state index contributed by atoms with van der Waals surface area (Å²) in [6.45, 7) is 10.8. The van der Waals surface area contributed by atoms with E-state index in [2.05, 4.69) is 39.6 Å². The van der Waals surface area contributed by atoms with Crippen LogP contribution in [0.2, 0.25) is 0 Å². The highest BCUT2D eigenvalue weighted by Crippen LogP contribution is 2.26. The summed E-state index contributed by atoms with van der Waals surface area (Å²) in [6.07, 6.45) is 1.02. The van der Waals surface area contributed by atoms with Crippen molar-refractivity contribution in [2.75, 3.05) is 20.2 Å². The van der Waals surface area contributed by atoms with Gasteiger partial charge >= 0.3 is 0 Å². The minimum atomic E-state index is 0.521. The molecule has 2 nitrogen and oxygen atoms in total. The van der Waals surface area contributed by atoms with E-state index in [4.69, 9.17) is 4.74 Å². The zero-order chi connectivity index (χ0) is 10.7. The number of hydrogen-bond donors (Lipinski definition) is 0. The summed E-state index contributed by atoms with van der Waals surface area (Å²) < 4.78 is 5.80. The molecule has 2 heteroatoms. The van der Waals surface area contributed by atoms with E-state index in [1.54, 1.807) is 0 Å². The third-order valence-corrected chi connectivity index (χ3v) is 3.10. The van der Waals surface area contributed by atoms with Crippen LogP contribution in [0.5, 0.6) is 0 Å². The van der Waals surface area contributed by atoms with Crippen LogP contribution < -0.4 is 0 Å². The van der Waals surface area contributed by atoms with Gasteiger partial charge in [-0.15, -0.1) is 0 Å². The summed E-state index contributed by atoms with van der Waals surface area (Å²) in [6, 6.07) is 0.521. The summed E-state index contributed by atoms with van der Waals surface area (Å²) in [7, 11) is 2.18. The lowest BCUT2D eigenvalue weighted by Crippen LogP contribution is -2.33. The molecule has 0 aromatic carbocycles. The Balaban J connectivity index is 2.98. The smallest absolute Gasteiger partial charge is 0.100 e. The Morgan fingerprint density at radius 2 is 2.14 bits per heavy atom. The summed E-state index contributed by atoms with van der Waals surface area (Å²) in [5.74, 6) is 1.80. The van der Waals surface area contributed by atoms with Crippen molar-refractivity contribution in [1.29, 1.82) is 0 Å². The summed E-state index contributed by atoms with van der Waals surface area (Å²) >= 11 is 0. The molecule has 1 aliphatic rings. The molecule has 0 saturated heterocycles. The van der Waals surface area contributed by atoms with Gasteiger partial charge < -0.3 is 4.74 Å². The Morgan fingerprint density at radius 3 is 2.64 bits per heavy atom. The summed E-state index contributed by atoms with van der Waals surface area (Å²) in [5, 5.41) is 0. The molecule has 0 saturated carbocycles. The molecule has 1 aliphatic heterocycles. The fourth-order valence-corrected chi connectivity index (χ4v) is 2.17. The van der Waals surface area contributed by atoms with Crippen LogP contribution in [-0.4, -0.2) is 31.1 Å². The van der Waals surface area contributed by atoms with Gasteiger partial charge in [-0.25, -0.2) is 0 Å². The van der Waals surface area contributed by atoms with Gasteiger partial charge in [0, 0.05) is 19.0 Å². The first-order chi connectivity index (χ1) is 6.57. The number of allylic oxidation sites excluding steroid dienone is 1. The lowest BCUT2D eigenvalue weighted by atomic mass is 9.94. The van der Waals surface area contributed by atoms with Crippen LogP contribution in [0.15, 0.2) is 11.3 Å². The van der Waals surface area contributed by atoms with Gasteiger partial charge in [-0.1, -0.05) is 20.8 Å². The molecular formula is C12H23NO. The summed E-state index contributed by atoms with van der Waals surface area (Å²) in [4.78, 5) is 2.37. The van der Waals surface area contributed by atoms with Gasteiger partial charge in [0.2, 0.25) is 0 Å².